The summed E-state index contributed by atoms with van der Waals surface area (Å²) >= 11 is 0. The zero-order valence-corrected chi connectivity index (χ0v) is 11.2. The van der Waals surface area contributed by atoms with E-state index in [4.69, 9.17) is 5.26 Å². The van der Waals surface area contributed by atoms with Crippen molar-refractivity contribution in [3.05, 3.63) is 18.0 Å². The fraction of sp³-hybridized carbons (Fsp3) is 0.643. The van der Waals surface area contributed by atoms with Crippen LogP contribution in [0.5, 0.6) is 0 Å². The number of aromatic nitrogens is 2. The number of aryl methyl sites for hydroxylation is 1. The monoisotopic (exact) mass is 258 g/mol. The maximum atomic E-state index is 12.1. The molecule has 100 valence electrons. The lowest BCUT2D eigenvalue weighted by atomic mass is 9.80. The van der Waals surface area contributed by atoms with Crippen molar-refractivity contribution in [3.8, 4) is 6.07 Å². The molecular formula is C14H18N4O. The molecule has 0 atom stereocenters. The van der Waals surface area contributed by atoms with Crippen LogP contribution in [-0.4, -0.2) is 33.7 Å². The number of carbonyl (C=O) groups is 1. The van der Waals surface area contributed by atoms with Crippen molar-refractivity contribution in [1.82, 2.24) is 14.7 Å². The van der Waals surface area contributed by atoms with Crippen LogP contribution in [-0.2, 0) is 10.3 Å². The van der Waals surface area contributed by atoms with Crippen LogP contribution in [0.4, 0.5) is 0 Å². The van der Waals surface area contributed by atoms with E-state index in [1.54, 1.807) is 6.20 Å². The number of hydrogen-bond donors (Lipinski definition) is 0. The Labute approximate surface area is 112 Å². The van der Waals surface area contributed by atoms with E-state index in [9.17, 15) is 4.79 Å². The first-order valence-corrected chi connectivity index (χ1v) is 6.82. The van der Waals surface area contributed by atoms with Crippen molar-refractivity contribution in [2.75, 3.05) is 13.1 Å². The highest BCUT2D eigenvalue weighted by Crippen LogP contribution is 2.36. The van der Waals surface area contributed by atoms with Gasteiger partial charge >= 0.3 is 0 Å². The average molecular weight is 258 g/mol. The fourth-order valence-electron chi connectivity index (χ4n) is 2.89. The molecule has 0 spiro atoms. The zero-order chi connectivity index (χ0) is 13.5. The lowest BCUT2D eigenvalue weighted by Crippen LogP contribution is -2.65. The molecule has 1 saturated heterocycles. The predicted octanol–water partition coefficient (Wildman–Crippen LogP) is 1.44. The smallest absolute Gasteiger partial charge is 0.225 e. The molecule has 2 aliphatic rings. The van der Waals surface area contributed by atoms with Gasteiger partial charge in [-0.15, -0.1) is 0 Å². The second-order valence-electron chi connectivity index (χ2n) is 5.84. The molecule has 1 aromatic heterocycles. The van der Waals surface area contributed by atoms with Gasteiger partial charge in [-0.05, 0) is 25.3 Å². The number of likely N-dealkylation sites (tertiary alicyclic amines) is 1. The molecule has 0 N–H and O–H groups in total. The number of carbonyl (C=O) groups excluding carboxylic acids is 1. The van der Waals surface area contributed by atoms with E-state index in [1.807, 2.05) is 22.7 Å². The second kappa shape index (κ2) is 4.37. The van der Waals surface area contributed by atoms with Gasteiger partial charge in [0, 0.05) is 25.2 Å². The summed E-state index contributed by atoms with van der Waals surface area (Å²) in [5.41, 5.74) is 0.781. The first kappa shape index (κ1) is 12.2. The van der Waals surface area contributed by atoms with Crippen molar-refractivity contribution >= 4 is 5.91 Å². The molecule has 2 heterocycles. The van der Waals surface area contributed by atoms with Crippen LogP contribution in [0, 0.1) is 24.2 Å². The van der Waals surface area contributed by atoms with E-state index in [0.29, 0.717) is 19.5 Å². The Hall–Kier alpha value is -1.83. The van der Waals surface area contributed by atoms with Gasteiger partial charge in [-0.2, -0.15) is 10.4 Å². The van der Waals surface area contributed by atoms with Crippen molar-refractivity contribution in [3.63, 3.8) is 0 Å². The highest BCUT2D eigenvalue weighted by molar-refractivity contribution is 5.80. The molecule has 5 nitrogen and oxygen atoms in total. The van der Waals surface area contributed by atoms with Crippen molar-refractivity contribution in [1.29, 1.82) is 5.26 Å². The van der Waals surface area contributed by atoms with Gasteiger partial charge < -0.3 is 4.90 Å². The predicted molar refractivity (Wildman–Crippen MR) is 69.1 cm³/mol. The van der Waals surface area contributed by atoms with E-state index >= 15 is 0 Å². The lowest BCUT2D eigenvalue weighted by Gasteiger charge is -2.50. The van der Waals surface area contributed by atoms with Crippen LogP contribution in [0.15, 0.2) is 12.4 Å². The minimum absolute atomic E-state index is 0.236. The summed E-state index contributed by atoms with van der Waals surface area (Å²) in [6.45, 7) is 3.23. The van der Waals surface area contributed by atoms with Crippen LogP contribution < -0.4 is 0 Å². The molecule has 0 radical (unpaired) electrons. The summed E-state index contributed by atoms with van der Waals surface area (Å²) in [6, 6.07) is 2.24. The highest BCUT2D eigenvalue weighted by Gasteiger charge is 2.49. The largest absolute Gasteiger partial charge is 0.337 e. The summed E-state index contributed by atoms with van der Waals surface area (Å²) < 4.78 is 1.87. The van der Waals surface area contributed by atoms with Crippen LogP contribution in [0.25, 0.3) is 0 Å². The van der Waals surface area contributed by atoms with Crippen LogP contribution in [0.2, 0.25) is 0 Å². The summed E-state index contributed by atoms with van der Waals surface area (Å²) in [6.07, 6.45) is 7.40. The van der Waals surface area contributed by atoms with E-state index in [0.717, 1.165) is 18.4 Å². The summed E-state index contributed by atoms with van der Waals surface area (Å²) in [5.74, 6) is 0.503. The first-order valence-electron chi connectivity index (χ1n) is 6.82. The van der Waals surface area contributed by atoms with E-state index in [2.05, 4.69) is 11.2 Å². The van der Waals surface area contributed by atoms with Gasteiger partial charge in [-0.25, -0.2) is 0 Å². The van der Waals surface area contributed by atoms with Gasteiger partial charge in [0.2, 0.25) is 5.91 Å². The first-order chi connectivity index (χ1) is 9.14. The topological polar surface area (TPSA) is 61.9 Å². The van der Waals surface area contributed by atoms with Crippen molar-refractivity contribution in [2.45, 2.75) is 38.1 Å². The third-order valence-electron chi connectivity index (χ3n) is 4.34. The molecule has 0 aromatic carbocycles. The van der Waals surface area contributed by atoms with Gasteiger partial charge in [0.15, 0.2) is 0 Å². The number of nitrogens with zero attached hydrogens (tertiary/aromatic N) is 4. The summed E-state index contributed by atoms with van der Waals surface area (Å²) in [4.78, 5) is 14.0. The standard InChI is InChI=1S/C14H18N4O/c1-11-7-16-18(8-11)14(5-6-15)9-17(10-14)13(19)12-3-2-4-12/h7-8,12H,2-5,9-10H2,1H3. The van der Waals surface area contributed by atoms with E-state index in [1.165, 1.54) is 6.42 Å². The summed E-state index contributed by atoms with van der Waals surface area (Å²) in [5, 5.41) is 13.4. The Kier molecular flexibility index (Phi) is 2.81. The average Bonchev–Trinajstić information content (AvgIpc) is 2.67. The number of rotatable bonds is 3. The molecule has 0 unspecified atom stereocenters. The normalized spacial score (nSPS) is 21.4. The molecule has 1 aliphatic heterocycles. The van der Waals surface area contributed by atoms with Gasteiger partial charge in [-0.1, -0.05) is 6.42 Å². The Bertz CT molecular complexity index is 532. The maximum absolute atomic E-state index is 12.1. The minimum atomic E-state index is -0.303. The molecule has 2 fully saturated rings. The minimum Gasteiger partial charge on any atom is -0.337 e. The van der Waals surface area contributed by atoms with Crippen LogP contribution >= 0.6 is 0 Å². The zero-order valence-electron chi connectivity index (χ0n) is 11.2. The van der Waals surface area contributed by atoms with Gasteiger partial charge in [0.1, 0.15) is 5.54 Å². The second-order valence-corrected chi connectivity index (χ2v) is 5.84. The Balaban J connectivity index is 1.72. The van der Waals surface area contributed by atoms with Crippen LogP contribution in [0.1, 0.15) is 31.2 Å². The van der Waals surface area contributed by atoms with E-state index < -0.39 is 0 Å². The molecule has 1 saturated carbocycles. The third-order valence-corrected chi connectivity index (χ3v) is 4.34. The van der Waals surface area contributed by atoms with Crippen molar-refractivity contribution in [2.24, 2.45) is 5.92 Å². The maximum Gasteiger partial charge on any atom is 0.225 e. The Morgan fingerprint density at radius 2 is 2.32 bits per heavy atom. The SMILES string of the molecule is Cc1cnn(C2(CC#N)CN(C(=O)C3CCC3)C2)c1. The molecule has 3 rings (SSSR count). The third kappa shape index (κ3) is 1.92. The van der Waals surface area contributed by atoms with Gasteiger partial charge in [0.25, 0.3) is 0 Å². The number of hydrogen-bond acceptors (Lipinski definition) is 3. The molecule has 1 amide bonds. The molecular weight excluding hydrogens is 240 g/mol. The fourth-order valence-corrected chi connectivity index (χ4v) is 2.89. The summed E-state index contributed by atoms with van der Waals surface area (Å²) in [7, 11) is 0. The molecule has 1 aromatic rings. The Morgan fingerprint density at radius 3 is 2.79 bits per heavy atom. The van der Waals surface area contributed by atoms with Gasteiger partial charge in [0.05, 0.1) is 18.7 Å². The number of amides is 1. The molecule has 19 heavy (non-hydrogen) atoms. The van der Waals surface area contributed by atoms with Gasteiger partial charge in [-0.3, -0.25) is 9.48 Å². The van der Waals surface area contributed by atoms with E-state index in [-0.39, 0.29) is 17.4 Å². The quantitative estimate of drug-likeness (QED) is 0.824. The molecule has 1 aliphatic carbocycles. The lowest BCUT2D eigenvalue weighted by molar-refractivity contribution is -0.149. The van der Waals surface area contributed by atoms with Crippen LogP contribution in [0.3, 0.4) is 0 Å². The molecule has 0 bridgehead atoms. The highest BCUT2D eigenvalue weighted by atomic mass is 16.2. The molecule has 5 heteroatoms. The number of nitriles is 1. The Morgan fingerprint density at radius 1 is 1.58 bits per heavy atom. The van der Waals surface area contributed by atoms with Crippen molar-refractivity contribution < 1.29 is 4.79 Å².